The van der Waals surface area contributed by atoms with E-state index in [-0.39, 0.29) is 37.3 Å². The molecule has 32 heavy (non-hydrogen) atoms. The summed E-state index contributed by atoms with van der Waals surface area (Å²) in [6, 6.07) is 15.8. The van der Waals surface area contributed by atoms with Crippen LogP contribution in [-0.2, 0) is 14.3 Å². The molecule has 0 aliphatic heterocycles. The van der Waals surface area contributed by atoms with Crippen LogP contribution < -0.4 is 10.6 Å². The van der Waals surface area contributed by atoms with E-state index < -0.39 is 18.1 Å². The van der Waals surface area contributed by atoms with Gasteiger partial charge >= 0.3 is 12.1 Å². The molecule has 2 aromatic rings. The Morgan fingerprint density at radius 2 is 1.62 bits per heavy atom. The molecule has 0 radical (unpaired) electrons. The second-order valence-corrected chi connectivity index (χ2v) is 7.91. The van der Waals surface area contributed by atoms with Gasteiger partial charge in [-0.1, -0.05) is 68.3 Å². The Balaban J connectivity index is 1.57. The molecule has 2 aromatic carbocycles. The van der Waals surface area contributed by atoms with E-state index in [4.69, 9.17) is 9.84 Å². The summed E-state index contributed by atoms with van der Waals surface area (Å²) in [6.07, 6.45) is -0.541. The molecule has 2 amide bonds. The average molecular weight is 434 g/mol. The Bertz CT molecular complexity index is 1020. The number of carbonyl (C=O) groups excluding carboxylic acids is 2. The molecular formula is C25H26N2O5. The normalized spacial score (nSPS) is 12.7. The SMILES string of the molecule is CC(C)[C@H](CC(=O)NCC#CC(=O)O)NC(=O)OCC1c2ccccc2-c2ccccc21. The number of ether oxygens (including phenoxy) is 1. The van der Waals surface area contributed by atoms with E-state index in [0.717, 1.165) is 22.3 Å². The lowest BCUT2D eigenvalue weighted by molar-refractivity contribution is -0.130. The number of hydrogen-bond acceptors (Lipinski definition) is 4. The van der Waals surface area contributed by atoms with Crippen molar-refractivity contribution >= 4 is 18.0 Å². The number of fused-ring (bicyclic) bond motifs is 3. The maximum atomic E-state index is 12.5. The highest BCUT2D eigenvalue weighted by Gasteiger charge is 2.29. The van der Waals surface area contributed by atoms with Crippen LogP contribution in [0, 0.1) is 17.8 Å². The smallest absolute Gasteiger partial charge is 0.407 e. The molecule has 0 bridgehead atoms. The summed E-state index contributed by atoms with van der Waals surface area (Å²) in [6.45, 7) is 3.92. The van der Waals surface area contributed by atoms with Gasteiger partial charge in [-0.15, -0.1) is 0 Å². The zero-order chi connectivity index (χ0) is 23.1. The minimum Gasteiger partial charge on any atom is -0.472 e. The third-order valence-corrected chi connectivity index (χ3v) is 5.43. The molecule has 0 saturated carbocycles. The molecular weight excluding hydrogens is 408 g/mol. The number of rotatable bonds is 7. The van der Waals surface area contributed by atoms with Crippen molar-refractivity contribution in [2.75, 3.05) is 13.2 Å². The molecule has 7 nitrogen and oxygen atoms in total. The summed E-state index contributed by atoms with van der Waals surface area (Å²) in [5.74, 6) is 2.63. The van der Waals surface area contributed by atoms with Crippen molar-refractivity contribution < 1.29 is 24.2 Å². The number of hydrogen-bond donors (Lipinski definition) is 3. The number of alkyl carbamates (subject to hydrolysis) is 1. The third kappa shape index (κ3) is 5.67. The van der Waals surface area contributed by atoms with Crippen LogP contribution in [0.4, 0.5) is 4.79 Å². The van der Waals surface area contributed by atoms with E-state index in [0.29, 0.717) is 0 Å². The van der Waals surface area contributed by atoms with E-state index in [1.54, 1.807) is 0 Å². The van der Waals surface area contributed by atoms with E-state index >= 15 is 0 Å². The third-order valence-electron chi connectivity index (χ3n) is 5.43. The summed E-state index contributed by atoms with van der Waals surface area (Å²) in [5.41, 5.74) is 4.56. The maximum absolute atomic E-state index is 12.5. The van der Waals surface area contributed by atoms with Crippen LogP contribution in [0.3, 0.4) is 0 Å². The summed E-state index contributed by atoms with van der Waals surface area (Å²) in [4.78, 5) is 35.0. The first kappa shape index (κ1) is 22.9. The van der Waals surface area contributed by atoms with Crippen LogP contribution in [0.2, 0.25) is 0 Å². The zero-order valence-electron chi connectivity index (χ0n) is 18.1. The quantitative estimate of drug-likeness (QED) is 0.581. The van der Waals surface area contributed by atoms with Crippen molar-refractivity contribution in [3.63, 3.8) is 0 Å². The summed E-state index contributed by atoms with van der Waals surface area (Å²) in [7, 11) is 0. The second-order valence-electron chi connectivity index (χ2n) is 7.91. The van der Waals surface area contributed by atoms with Crippen molar-refractivity contribution in [2.45, 2.75) is 32.2 Å². The molecule has 0 fully saturated rings. The molecule has 1 atom stereocenters. The highest BCUT2D eigenvalue weighted by Crippen LogP contribution is 2.44. The van der Waals surface area contributed by atoms with E-state index in [9.17, 15) is 14.4 Å². The van der Waals surface area contributed by atoms with E-state index in [1.165, 1.54) is 0 Å². The van der Waals surface area contributed by atoms with Gasteiger partial charge in [0.15, 0.2) is 0 Å². The molecule has 7 heteroatoms. The van der Waals surface area contributed by atoms with Gasteiger partial charge in [0.25, 0.3) is 0 Å². The average Bonchev–Trinajstić information content (AvgIpc) is 3.08. The van der Waals surface area contributed by atoms with Gasteiger partial charge in [-0.2, -0.15) is 0 Å². The maximum Gasteiger partial charge on any atom is 0.407 e. The summed E-state index contributed by atoms with van der Waals surface area (Å²) in [5, 5.41) is 13.8. The van der Waals surface area contributed by atoms with Crippen LogP contribution in [0.1, 0.15) is 37.3 Å². The van der Waals surface area contributed by atoms with Crippen molar-refractivity contribution in [1.82, 2.24) is 10.6 Å². The number of carbonyl (C=O) groups is 3. The molecule has 1 aliphatic rings. The highest BCUT2D eigenvalue weighted by atomic mass is 16.5. The van der Waals surface area contributed by atoms with Crippen molar-refractivity contribution in [2.24, 2.45) is 5.92 Å². The Kier molecular flexibility index (Phi) is 7.50. The Morgan fingerprint density at radius 3 is 2.19 bits per heavy atom. The number of benzene rings is 2. The first-order valence-corrected chi connectivity index (χ1v) is 10.5. The van der Waals surface area contributed by atoms with Gasteiger partial charge in [-0.05, 0) is 28.2 Å². The Hall–Kier alpha value is -3.79. The summed E-state index contributed by atoms with van der Waals surface area (Å²) >= 11 is 0. The highest BCUT2D eigenvalue weighted by molar-refractivity contribution is 5.86. The van der Waals surface area contributed by atoms with Crippen LogP contribution in [-0.4, -0.2) is 42.3 Å². The molecule has 0 unspecified atom stereocenters. The van der Waals surface area contributed by atoms with Crippen LogP contribution in [0.5, 0.6) is 0 Å². The van der Waals surface area contributed by atoms with Gasteiger partial charge < -0.3 is 20.5 Å². The molecule has 0 spiro atoms. The lowest BCUT2D eigenvalue weighted by atomic mass is 9.98. The molecule has 3 rings (SSSR count). The number of aliphatic carboxylic acids is 1. The fraction of sp³-hybridized carbons (Fsp3) is 0.320. The zero-order valence-corrected chi connectivity index (χ0v) is 18.1. The molecule has 3 N–H and O–H groups in total. The van der Waals surface area contributed by atoms with Crippen molar-refractivity contribution in [3.8, 4) is 23.0 Å². The summed E-state index contributed by atoms with van der Waals surface area (Å²) < 4.78 is 5.56. The molecule has 0 aromatic heterocycles. The fourth-order valence-electron chi connectivity index (χ4n) is 3.78. The van der Waals surface area contributed by atoms with Crippen LogP contribution in [0.15, 0.2) is 48.5 Å². The van der Waals surface area contributed by atoms with Crippen LogP contribution in [0.25, 0.3) is 11.1 Å². The Labute approximate surface area is 187 Å². The minimum absolute atomic E-state index is 0.00802. The monoisotopic (exact) mass is 434 g/mol. The number of amides is 2. The first-order chi connectivity index (χ1) is 15.4. The van der Waals surface area contributed by atoms with Gasteiger partial charge in [0.2, 0.25) is 5.91 Å². The van der Waals surface area contributed by atoms with Gasteiger partial charge in [0.05, 0.1) is 6.54 Å². The lowest BCUT2D eigenvalue weighted by Crippen LogP contribution is -2.42. The fourth-order valence-corrected chi connectivity index (χ4v) is 3.78. The van der Waals surface area contributed by atoms with Crippen molar-refractivity contribution in [1.29, 1.82) is 0 Å². The van der Waals surface area contributed by atoms with Gasteiger partial charge in [-0.3, -0.25) is 4.79 Å². The van der Waals surface area contributed by atoms with Crippen LogP contribution >= 0.6 is 0 Å². The predicted molar refractivity (Wildman–Crippen MR) is 120 cm³/mol. The van der Waals surface area contributed by atoms with Gasteiger partial charge in [-0.25, -0.2) is 9.59 Å². The molecule has 0 saturated heterocycles. The van der Waals surface area contributed by atoms with Gasteiger partial charge in [0.1, 0.15) is 6.61 Å². The topological polar surface area (TPSA) is 105 Å². The van der Waals surface area contributed by atoms with E-state index in [2.05, 4.69) is 40.8 Å². The Morgan fingerprint density at radius 1 is 1.03 bits per heavy atom. The predicted octanol–water partition coefficient (Wildman–Crippen LogP) is 3.14. The molecule has 166 valence electrons. The second kappa shape index (κ2) is 10.5. The lowest BCUT2D eigenvalue weighted by Gasteiger charge is -2.22. The van der Waals surface area contributed by atoms with Gasteiger partial charge in [0, 0.05) is 24.3 Å². The number of carboxylic acids is 1. The molecule has 0 heterocycles. The number of carboxylic acid groups (broad SMARTS) is 1. The van der Waals surface area contributed by atoms with E-state index in [1.807, 2.05) is 44.0 Å². The largest absolute Gasteiger partial charge is 0.472 e. The minimum atomic E-state index is -1.25. The first-order valence-electron chi connectivity index (χ1n) is 10.5. The van der Waals surface area contributed by atoms with Crippen molar-refractivity contribution in [3.05, 3.63) is 59.7 Å². The molecule has 1 aliphatic carbocycles. The number of nitrogens with one attached hydrogen (secondary N) is 2. The standard InChI is InChI=1S/C25H26N2O5/c1-16(2)22(14-23(28)26-13-7-12-24(29)30)27-25(31)32-15-21-19-10-5-3-8-17(19)18-9-4-6-11-20(18)21/h3-6,8-11,16,21-22H,13-15H2,1-2H3,(H,26,28)(H,27,31)(H,29,30)/t22-/m0/s1.